The minimum Gasteiger partial charge on any atom is -0.478 e. The molecule has 0 aromatic heterocycles. The third kappa shape index (κ3) is 4.04. The summed E-state index contributed by atoms with van der Waals surface area (Å²) in [6.07, 6.45) is 2.47. The molecule has 0 aliphatic rings. The lowest BCUT2D eigenvalue weighted by atomic mass is 10.1. The first-order valence-corrected chi connectivity index (χ1v) is 4.88. The number of hydrogen-bond donors (Lipinski definition) is 2. The summed E-state index contributed by atoms with van der Waals surface area (Å²) in [7, 11) is 0. The van der Waals surface area contributed by atoms with Gasteiger partial charge in [-0.25, -0.2) is 4.79 Å². The van der Waals surface area contributed by atoms with Crippen molar-refractivity contribution in [3.05, 3.63) is 47.1 Å². The number of halogens is 1. The van der Waals surface area contributed by atoms with Gasteiger partial charge in [-0.05, 0) is 24.6 Å². The van der Waals surface area contributed by atoms with Crippen molar-refractivity contribution in [1.29, 1.82) is 0 Å². The highest BCUT2D eigenvalue weighted by atomic mass is 35.5. The average molecular weight is 226 g/mol. The predicted molar refractivity (Wildman–Crippen MR) is 59.8 cm³/mol. The second kappa shape index (κ2) is 5.41. The van der Waals surface area contributed by atoms with E-state index in [-0.39, 0.29) is 6.04 Å². The quantitative estimate of drug-likeness (QED) is 0.775. The van der Waals surface area contributed by atoms with Crippen LogP contribution in [0.1, 0.15) is 18.5 Å². The maximum Gasteiger partial charge on any atom is 0.329 e. The van der Waals surface area contributed by atoms with Crippen molar-refractivity contribution in [3.63, 3.8) is 0 Å². The maximum atomic E-state index is 10.2. The lowest BCUT2D eigenvalue weighted by molar-refractivity contribution is -0.131. The normalized spacial score (nSPS) is 12.7. The fourth-order valence-corrected chi connectivity index (χ4v) is 1.33. The van der Waals surface area contributed by atoms with Crippen LogP contribution in [0.25, 0.3) is 0 Å². The Morgan fingerprint density at radius 2 is 2.33 bits per heavy atom. The van der Waals surface area contributed by atoms with Crippen LogP contribution in [0.3, 0.4) is 0 Å². The Kier molecular flexibility index (Phi) is 4.18. The van der Waals surface area contributed by atoms with Crippen molar-refractivity contribution in [2.24, 2.45) is 0 Å². The number of hydrogen-bond acceptors (Lipinski definition) is 2. The highest BCUT2D eigenvalue weighted by Crippen LogP contribution is 2.16. The van der Waals surface area contributed by atoms with Crippen molar-refractivity contribution in [1.82, 2.24) is 5.32 Å². The van der Waals surface area contributed by atoms with Crippen molar-refractivity contribution in [2.75, 3.05) is 0 Å². The Hall–Kier alpha value is -1.48. The van der Waals surface area contributed by atoms with Gasteiger partial charge in [0.15, 0.2) is 0 Å². The van der Waals surface area contributed by atoms with Gasteiger partial charge in [0.25, 0.3) is 0 Å². The molecule has 2 N–H and O–H groups in total. The summed E-state index contributed by atoms with van der Waals surface area (Å²) in [5, 5.41) is 12.0. The summed E-state index contributed by atoms with van der Waals surface area (Å²) in [6, 6.07) is 7.45. The zero-order valence-electron chi connectivity index (χ0n) is 8.27. The SMILES string of the molecule is C[C@@H](N/C=C/C(=O)O)c1cccc(Cl)c1. The second-order valence-corrected chi connectivity index (χ2v) is 3.55. The molecular formula is C11H12ClNO2. The van der Waals surface area contributed by atoms with Crippen LogP contribution in [0.2, 0.25) is 5.02 Å². The van der Waals surface area contributed by atoms with E-state index in [4.69, 9.17) is 16.7 Å². The molecule has 0 saturated heterocycles. The summed E-state index contributed by atoms with van der Waals surface area (Å²) < 4.78 is 0. The van der Waals surface area contributed by atoms with Gasteiger partial charge in [-0.1, -0.05) is 23.7 Å². The molecule has 3 nitrogen and oxygen atoms in total. The molecule has 4 heteroatoms. The van der Waals surface area contributed by atoms with Crippen LogP contribution in [-0.4, -0.2) is 11.1 Å². The van der Waals surface area contributed by atoms with Crippen molar-refractivity contribution in [3.8, 4) is 0 Å². The van der Waals surface area contributed by atoms with E-state index in [9.17, 15) is 4.79 Å². The van der Waals surface area contributed by atoms with E-state index < -0.39 is 5.97 Å². The first kappa shape index (κ1) is 11.6. The molecule has 0 unspecified atom stereocenters. The lowest BCUT2D eigenvalue weighted by Crippen LogP contribution is -2.12. The van der Waals surface area contributed by atoms with Gasteiger partial charge in [0, 0.05) is 23.3 Å². The van der Waals surface area contributed by atoms with E-state index in [2.05, 4.69) is 5.32 Å². The van der Waals surface area contributed by atoms with Crippen LogP contribution < -0.4 is 5.32 Å². The summed E-state index contributed by atoms with van der Waals surface area (Å²) >= 11 is 5.83. The topological polar surface area (TPSA) is 49.3 Å². The Bertz CT molecular complexity index is 377. The molecule has 0 bridgehead atoms. The molecule has 15 heavy (non-hydrogen) atoms. The lowest BCUT2D eigenvalue weighted by Gasteiger charge is -2.11. The number of carboxylic acids is 1. The van der Waals surface area contributed by atoms with E-state index in [0.717, 1.165) is 11.6 Å². The molecule has 80 valence electrons. The Morgan fingerprint density at radius 3 is 2.93 bits per heavy atom. The highest BCUT2D eigenvalue weighted by molar-refractivity contribution is 6.30. The first-order valence-electron chi connectivity index (χ1n) is 4.50. The minimum atomic E-state index is -0.971. The predicted octanol–water partition coefficient (Wildman–Crippen LogP) is 2.59. The third-order valence-corrected chi connectivity index (χ3v) is 2.16. The number of benzene rings is 1. The standard InChI is InChI=1S/C11H12ClNO2/c1-8(13-6-5-11(14)15)9-3-2-4-10(12)7-9/h2-8,13H,1H3,(H,14,15)/b6-5+/t8-/m1/s1. The molecule has 1 atom stereocenters. The van der Waals surface area contributed by atoms with Gasteiger partial charge in [0.05, 0.1) is 0 Å². The smallest absolute Gasteiger partial charge is 0.329 e. The molecule has 0 amide bonds. The summed E-state index contributed by atoms with van der Waals surface area (Å²) in [5.74, 6) is -0.971. The number of nitrogens with one attached hydrogen (secondary N) is 1. The van der Waals surface area contributed by atoms with Crippen LogP contribution in [0.15, 0.2) is 36.5 Å². The fraction of sp³-hybridized carbons (Fsp3) is 0.182. The van der Waals surface area contributed by atoms with Gasteiger partial charge in [-0.2, -0.15) is 0 Å². The van der Waals surface area contributed by atoms with Crippen LogP contribution >= 0.6 is 11.6 Å². The van der Waals surface area contributed by atoms with Gasteiger partial charge >= 0.3 is 5.97 Å². The highest BCUT2D eigenvalue weighted by Gasteiger charge is 2.02. The van der Waals surface area contributed by atoms with Crippen molar-refractivity contribution < 1.29 is 9.90 Å². The van der Waals surface area contributed by atoms with Gasteiger partial charge < -0.3 is 10.4 Å². The summed E-state index contributed by atoms with van der Waals surface area (Å²) in [5.41, 5.74) is 1.01. The Morgan fingerprint density at radius 1 is 1.60 bits per heavy atom. The molecule has 0 spiro atoms. The molecule has 1 aromatic carbocycles. The van der Waals surface area contributed by atoms with Gasteiger partial charge in [0.2, 0.25) is 0 Å². The van der Waals surface area contributed by atoms with Crippen LogP contribution in [0, 0.1) is 0 Å². The van der Waals surface area contributed by atoms with E-state index in [1.54, 1.807) is 6.07 Å². The van der Waals surface area contributed by atoms with Crippen molar-refractivity contribution >= 4 is 17.6 Å². The zero-order valence-corrected chi connectivity index (χ0v) is 9.03. The molecule has 0 saturated carbocycles. The Balaban J connectivity index is 2.61. The maximum absolute atomic E-state index is 10.2. The number of aliphatic carboxylic acids is 1. The number of carboxylic acid groups (broad SMARTS) is 1. The van der Waals surface area contributed by atoms with E-state index in [1.807, 2.05) is 25.1 Å². The number of carbonyl (C=O) groups is 1. The molecule has 1 rings (SSSR count). The molecule has 0 fully saturated rings. The van der Waals surface area contributed by atoms with Gasteiger partial charge in [-0.15, -0.1) is 0 Å². The first-order chi connectivity index (χ1) is 7.09. The van der Waals surface area contributed by atoms with Gasteiger partial charge in [0.1, 0.15) is 0 Å². The third-order valence-electron chi connectivity index (χ3n) is 1.92. The van der Waals surface area contributed by atoms with E-state index >= 15 is 0 Å². The average Bonchev–Trinajstić information content (AvgIpc) is 2.17. The van der Waals surface area contributed by atoms with Crippen LogP contribution in [0.5, 0.6) is 0 Å². The van der Waals surface area contributed by atoms with Crippen molar-refractivity contribution in [2.45, 2.75) is 13.0 Å². The monoisotopic (exact) mass is 225 g/mol. The molecule has 0 heterocycles. The zero-order chi connectivity index (χ0) is 11.3. The number of rotatable bonds is 4. The molecule has 0 aliphatic carbocycles. The van der Waals surface area contributed by atoms with E-state index in [0.29, 0.717) is 5.02 Å². The fourth-order valence-electron chi connectivity index (χ4n) is 1.14. The summed E-state index contributed by atoms with van der Waals surface area (Å²) in [6.45, 7) is 1.93. The largest absolute Gasteiger partial charge is 0.478 e. The molecule has 1 aromatic rings. The second-order valence-electron chi connectivity index (χ2n) is 3.11. The van der Waals surface area contributed by atoms with E-state index in [1.165, 1.54) is 6.20 Å². The molecular weight excluding hydrogens is 214 g/mol. The van der Waals surface area contributed by atoms with Crippen LogP contribution in [-0.2, 0) is 4.79 Å². The minimum absolute atomic E-state index is 0.0271. The molecule has 0 aliphatic heterocycles. The Labute approximate surface area is 93.4 Å². The van der Waals surface area contributed by atoms with Crippen LogP contribution in [0.4, 0.5) is 0 Å². The van der Waals surface area contributed by atoms with Gasteiger partial charge in [-0.3, -0.25) is 0 Å². The summed E-state index contributed by atoms with van der Waals surface area (Å²) in [4.78, 5) is 10.2. The molecule has 0 radical (unpaired) electrons.